The van der Waals surface area contributed by atoms with Crippen molar-refractivity contribution in [3.8, 4) is 0 Å². The van der Waals surface area contributed by atoms with Crippen LogP contribution >= 0.6 is 0 Å². The van der Waals surface area contributed by atoms with Crippen molar-refractivity contribution in [1.29, 1.82) is 0 Å². The Morgan fingerprint density at radius 2 is 2.12 bits per heavy atom. The fourth-order valence-corrected chi connectivity index (χ4v) is 2.07. The summed E-state index contributed by atoms with van der Waals surface area (Å²) in [5.41, 5.74) is 2.00. The van der Waals surface area contributed by atoms with E-state index in [-0.39, 0.29) is 0 Å². The second kappa shape index (κ2) is 5.41. The molecule has 0 aromatic heterocycles. The minimum Gasteiger partial charge on any atom is -0.314 e. The van der Waals surface area contributed by atoms with E-state index in [2.05, 4.69) is 16.3 Å². The Bertz CT molecular complexity index is 332. The van der Waals surface area contributed by atoms with Crippen molar-refractivity contribution in [2.75, 3.05) is 26.2 Å². The molecule has 2 nitrogen and oxygen atoms in total. The normalized spacial score (nSPS) is 19.6. The third-order valence-corrected chi connectivity index (χ3v) is 3.03. The molecule has 1 N–H and O–H groups in total. The van der Waals surface area contributed by atoms with Gasteiger partial charge in [0.05, 0.1) is 0 Å². The van der Waals surface area contributed by atoms with Crippen LogP contribution in [-0.4, -0.2) is 31.1 Å². The van der Waals surface area contributed by atoms with Crippen LogP contribution in [0.5, 0.6) is 0 Å². The summed E-state index contributed by atoms with van der Waals surface area (Å²) < 4.78 is 13.2. The number of halogens is 1. The van der Waals surface area contributed by atoms with E-state index in [1.807, 2.05) is 18.2 Å². The van der Waals surface area contributed by atoms with E-state index in [0.717, 1.165) is 38.3 Å². The van der Waals surface area contributed by atoms with Crippen LogP contribution in [0.2, 0.25) is 0 Å². The predicted octanol–water partition coefficient (Wildman–Crippen LogP) is 2.12. The third kappa shape index (κ3) is 3.03. The quantitative estimate of drug-likeness (QED) is 0.842. The smallest absolute Gasteiger partial charge is 0.122 e. The fraction of sp³-hybridized carbons (Fsp3) is 0.538. The van der Waals surface area contributed by atoms with E-state index in [1.165, 1.54) is 5.56 Å². The summed E-state index contributed by atoms with van der Waals surface area (Å²) in [5, 5.41) is 3.33. The first-order chi connectivity index (χ1) is 7.75. The number of hydrogen-bond acceptors (Lipinski definition) is 2. The summed E-state index contributed by atoms with van der Waals surface area (Å²) >= 11 is 0. The van der Waals surface area contributed by atoms with Crippen molar-refractivity contribution < 1.29 is 4.39 Å². The first kappa shape index (κ1) is 11.6. The molecule has 1 fully saturated rings. The topological polar surface area (TPSA) is 15.3 Å². The first-order valence-electron chi connectivity index (χ1n) is 5.91. The highest BCUT2D eigenvalue weighted by molar-refractivity contribution is 5.24. The van der Waals surface area contributed by atoms with E-state index in [1.54, 1.807) is 6.92 Å². The number of piperazine rings is 1. The van der Waals surface area contributed by atoms with E-state index < -0.39 is 6.17 Å². The molecule has 1 aromatic rings. The van der Waals surface area contributed by atoms with Gasteiger partial charge in [-0.3, -0.25) is 4.90 Å². The van der Waals surface area contributed by atoms with Crippen molar-refractivity contribution in [3.05, 3.63) is 35.4 Å². The van der Waals surface area contributed by atoms with Gasteiger partial charge in [0.1, 0.15) is 6.17 Å². The minimum absolute atomic E-state index is 0.785. The Hall–Kier alpha value is -0.930. The maximum absolute atomic E-state index is 13.2. The van der Waals surface area contributed by atoms with Gasteiger partial charge in [0.15, 0.2) is 0 Å². The van der Waals surface area contributed by atoms with Crippen LogP contribution in [0, 0.1) is 0 Å². The van der Waals surface area contributed by atoms with Gasteiger partial charge in [-0.1, -0.05) is 24.3 Å². The summed E-state index contributed by atoms with van der Waals surface area (Å²) in [6.07, 6.45) is -0.872. The lowest BCUT2D eigenvalue weighted by Gasteiger charge is -2.27. The fourth-order valence-electron chi connectivity index (χ4n) is 2.07. The Kier molecular flexibility index (Phi) is 3.91. The molecular formula is C13H19FN2. The molecule has 0 bridgehead atoms. The monoisotopic (exact) mass is 222 g/mol. The number of nitrogens with zero attached hydrogens (tertiary/aromatic N) is 1. The van der Waals surface area contributed by atoms with E-state index in [0.29, 0.717) is 0 Å². The number of benzene rings is 1. The molecule has 1 heterocycles. The summed E-state index contributed by atoms with van der Waals surface area (Å²) in [4.78, 5) is 2.40. The first-order valence-corrected chi connectivity index (χ1v) is 5.91. The van der Waals surface area contributed by atoms with Crippen LogP contribution in [-0.2, 0) is 6.54 Å². The van der Waals surface area contributed by atoms with Crippen molar-refractivity contribution >= 4 is 0 Å². The molecule has 1 aromatic carbocycles. The zero-order chi connectivity index (χ0) is 11.4. The van der Waals surface area contributed by atoms with Gasteiger partial charge < -0.3 is 5.32 Å². The number of hydrogen-bond donors (Lipinski definition) is 1. The Morgan fingerprint density at radius 1 is 1.38 bits per heavy atom. The highest BCUT2D eigenvalue weighted by atomic mass is 19.1. The Labute approximate surface area is 96.5 Å². The van der Waals surface area contributed by atoms with Gasteiger partial charge in [-0.2, -0.15) is 0 Å². The van der Waals surface area contributed by atoms with Crippen LogP contribution in [0.1, 0.15) is 24.2 Å². The van der Waals surface area contributed by atoms with Crippen LogP contribution in [0.4, 0.5) is 4.39 Å². The molecule has 1 atom stereocenters. The number of alkyl halides is 1. The zero-order valence-corrected chi connectivity index (χ0v) is 9.75. The molecule has 3 heteroatoms. The van der Waals surface area contributed by atoms with E-state index in [9.17, 15) is 4.39 Å². The maximum atomic E-state index is 13.2. The second-order valence-corrected chi connectivity index (χ2v) is 4.39. The molecule has 1 aliphatic rings. The van der Waals surface area contributed by atoms with Gasteiger partial charge in [0, 0.05) is 32.7 Å². The van der Waals surface area contributed by atoms with Gasteiger partial charge in [0.2, 0.25) is 0 Å². The van der Waals surface area contributed by atoms with E-state index >= 15 is 0 Å². The summed E-state index contributed by atoms with van der Waals surface area (Å²) in [6, 6.07) is 7.86. The van der Waals surface area contributed by atoms with Crippen molar-refractivity contribution in [2.24, 2.45) is 0 Å². The molecule has 0 radical (unpaired) electrons. The molecule has 1 unspecified atom stereocenters. The molecule has 2 rings (SSSR count). The molecule has 16 heavy (non-hydrogen) atoms. The van der Waals surface area contributed by atoms with E-state index in [4.69, 9.17) is 0 Å². The molecule has 0 amide bonds. The van der Waals surface area contributed by atoms with Gasteiger partial charge >= 0.3 is 0 Å². The SMILES string of the molecule is CC(F)c1cccc(CN2CCNCC2)c1. The second-order valence-electron chi connectivity index (χ2n) is 4.39. The van der Waals surface area contributed by atoms with Crippen LogP contribution in [0.15, 0.2) is 24.3 Å². The molecule has 88 valence electrons. The highest BCUT2D eigenvalue weighted by Gasteiger charge is 2.10. The average Bonchev–Trinajstić information content (AvgIpc) is 2.30. The predicted molar refractivity (Wildman–Crippen MR) is 64.1 cm³/mol. The van der Waals surface area contributed by atoms with Gasteiger partial charge in [-0.25, -0.2) is 4.39 Å². The molecule has 0 saturated carbocycles. The van der Waals surface area contributed by atoms with Crippen LogP contribution < -0.4 is 5.32 Å². The molecule has 0 aliphatic carbocycles. The lowest BCUT2D eigenvalue weighted by atomic mass is 10.1. The largest absolute Gasteiger partial charge is 0.314 e. The highest BCUT2D eigenvalue weighted by Crippen LogP contribution is 2.18. The minimum atomic E-state index is -0.872. The van der Waals surface area contributed by atoms with Gasteiger partial charge in [-0.15, -0.1) is 0 Å². The van der Waals surface area contributed by atoms with Crippen molar-refractivity contribution in [2.45, 2.75) is 19.6 Å². The van der Waals surface area contributed by atoms with Crippen molar-refractivity contribution in [3.63, 3.8) is 0 Å². The Balaban J connectivity index is 2.00. The number of rotatable bonds is 3. The molecule has 1 aliphatic heterocycles. The Morgan fingerprint density at radius 3 is 2.81 bits per heavy atom. The lowest BCUT2D eigenvalue weighted by Crippen LogP contribution is -2.42. The zero-order valence-electron chi connectivity index (χ0n) is 9.75. The standard InChI is InChI=1S/C13H19FN2/c1-11(14)13-4-2-3-12(9-13)10-16-7-5-15-6-8-16/h2-4,9,11,15H,5-8,10H2,1H3. The maximum Gasteiger partial charge on any atom is 0.122 e. The van der Waals surface area contributed by atoms with Crippen LogP contribution in [0.3, 0.4) is 0 Å². The van der Waals surface area contributed by atoms with Gasteiger partial charge in [-0.05, 0) is 18.1 Å². The average molecular weight is 222 g/mol. The summed E-state index contributed by atoms with van der Waals surface area (Å²) in [7, 11) is 0. The van der Waals surface area contributed by atoms with Gasteiger partial charge in [0.25, 0.3) is 0 Å². The molecule has 1 saturated heterocycles. The molecule has 0 spiro atoms. The summed E-state index contributed by atoms with van der Waals surface area (Å²) in [5.74, 6) is 0. The number of nitrogens with one attached hydrogen (secondary N) is 1. The van der Waals surface area contributed by atoms with Crippen molar-refractivity contribution in [1.82, 2.24) is 10.2 Å². The third-order valence-electron chi connectivity index (χ3n) is 3.03. The molecular weight excluding hydrogens is 203 g/mol. The summed E-state index contributed by atoms with van der Waals surface area (Å²) in [6.45, 7) is 6.79. The lowest BCUT2D eigenvalue weighted by molar-refractivity contribution is 0.233. The van der Waals surface area contributed by atoms with Crippen LogP contribution in [0.25, 0.3) is 0 Å².